The summed E-state index contributed by atoms with van der Waals surface area (Å²) in [6.45, 7) is 1.67. The number of ether oxygens (including phenoxy) is 1. The number of aromatic nitrogens is 1. The van der Waals surface area contributed by atoms with Crippen LogP contribution in [-0.4, -0.2) is 10.1 Å². The Morgan fingerprint density at radius 1 is 1.24 bits per heavy atom. The van der Waals surface area contributed by atoms with Crippen molar-refractivity contribution in [3.8, 4) is 11.6 Å². The van der Waals surface area contributed by atoms with Crippen LogP contribution < -0.4 is 4.74 Å². The molecule has 2 aromatic rings. The van der Waals surface area contributed by atoms with Gasteiger partial charge < -0.3 is 9.84 Å². The maximum Gasteiger partial charge on any atom is 0.225 e. The van der Waals surface area contributed by atoms with Gasteiger partial charge in [-0.1, -0.05) is 11.6 Å². The lowest BCUT2D eigenvalue weighted by molar-refractivity contribution is 0.194. The fraction of sp³-hybridized carbons (Fsp3) is 0.154. The van der Waals surface area contributed by atoms with Crippen LogP contribution in [0.2, 0.25) is 5.02 Å². The Balaban J connectivity index is 2.26. The second-order valence-electron chi connectivity index (χ2n) is 3.63. The molecule has 0 aliphatic carbocycles. The Labute approximate surface area is 105 Å². The molecule has 0 radical (unpaired) electrons. The quantitative estimate of drug-likeness (QED) is 0.904. The SMILES string of the molecule is C[C@H](O)c1cccnc1Oc1ccc(Cl)cc1. The summed E-state index contributed by atoms with van der Waals surface area (Å²) < 4.78 is 5.60. The first kappa shape index (κ1) is 11.9. The second kappa shape index (κ2) is 5.17. The highest BCUT2D eigenvalue weighted by Gasteiger charge is 2.10. The maximum atomic E-state index is 9.59. The summed E-state index contributed by atoms with van der Waals surface area (Å²) in [5.41, 5.74) is 0.655. The van der Waals surface area contributed by atoms with Gasteiger partial charge in [-0.15, -0.1) is 0 Å². The van der Waals surface area contributed by atoms with E-state index in [0.29, 0.717) is 22.2 Å². The molecule has 0 saturated carbocycles. The van der Waals surface area contributed by atoms with E-state index in [0.717, 1.165) is 0 Å². The summed E-state index contributed by atoms with van der Waals surface area (Å²) in [6, 6.07) is 10.5. The van der Waals surface area contributed by atoms with Gasteiger partial charge in [-0.05, 0) is 43.3 Å². The molecule has 1 aromatic carbocycles. The van der Waals surface area contributed by atoms with Gasteiger partial charge in [0.15, 0.2) is 0 Å². The first-order chi connectivity index (χ1) is 8.16. The number of halogens is 1. The lowest BCUT2D eigenvalue weighted by atomic mass is 10.2. The number of aliphatic hydroxyl groups excluding tert-OH is 1. The van der Waals surface area contributed by atoms with Gasteiger partial charge >= 0.3 is 0 Å². The van der Waals surface area contributed by atoms with Crippen LogP contribution in [0.15, 0.2) is 42.6 Å². The lowest BCUT2D eigenvalue weighted by Gasteiger charge is -2.11. The summed E-state index contributed by atoms with van der Waals surface area (Å²) >= 11 is 5.79. The Morgan fingerprint density at radius 3 is 2.59 bits per heavy atom. The van der Waals surface area contributed by atoms with Crippen molar-refractivity contribution < 1.29 is 9.84 Å². The van der Waals surface area contributed by atoms with Gasteiger partial charge in [-0.3, -0.25) is 0 Å². The average Bonchev–Trinajstić information content (AvgIpc) is 2.32. The third-order valence-corrected chi connectivity index (χ3v) is 2.53. The fourth-order valence-corrected chi connectivity index (χ4v) is 1.55. The van der Waals surface area contributed by atoms with E-state index < -0.39 is 6.10 Å². The molecule has 0 saturated heterocycles. The third kappa shape index (κ3) is 2.96. The third-order valence-electron chi connectivity index (χ3n) is 2.28. The largest absolute Gasteiger partial charge is 0.439 e. The predicted molar refractivity (Wildman–Crippen MR) is 66.4 cm³/mol. The molecule has 0 bridgehead atoms. The van der Waals surface area contributed by atoms with E-state index in [1.165, 1.54) is 0 Å². The van der Waals surface area contributed by atoms with E-state index in [1.54, 1.807) is 49.5 Å². The van der Waals surface area contributed by atoms with Gasteiger partial charge in [0, 0.05) is 16.8 Å². The highest BCUT2D eigenvalue weighted by Crippen LogP contribution is 2.27. The van der Waals surface area contributed by atoms with Gasteiger partial charge in [0.05, 0.1) is 6.10 Å². The Kier molecular flexibility index (Phi) is 3.61. The number of aliphatic hydroxyl groups is 1. The van der Waals surface area contributed by atoms with Crippen molar-refractivity contribution >= 4 is 11.6 Å². The van der Waals surface area contributed by atoms with Crippen molar-refractivity contribution in [1.29, 1.82) is 0 Å². The smallest absolute Gasteiger partial charge is 0.225 e. The second-order valence-corrected chi connectivity index (χ2v) is 4.07. The molecule has 3 nitrogen and oxygen atoms in total. The first-order valence-electron chi connectivity index (χ1n) is 5.23. The zero-order chi connectivity index (χ0) is 12.3. The highest BCUT2D eigenvalue weighted by atomic mass is 35.5. The van der Waals surface area contributed by atoms with Gasteiger partial charge in [0.25, 0.3) is 0 Å². The van der Waals surface area contributed by atoms with Crippen LogP contribution in [0.25, 0.3) is 0 Å². The maximum absolute atomic E-state index is 9.59. The van der Waals surface area contributed by atoms with E-state index in [2.05, 4.69) is 4.98 Å². The van der Waals surface area contributed by atoms with Gasteiger partial charge in [-0.25, -0.2) is 4.98 Å². The van der Waals surface area contributed by atoms with Crippen LogP contribution in [0.4, 0.5) is 0 Å². The molecular weight excluding hydrogens is 238 g/mol. The van der Waals surface area contributed by atoms with Crippen LogP contribution in [0.3, 0.4) is 0 Å². The summed E-state index contributed by atoms with van der Waals surface area (Å²) in [4.78, 5) is 4.10. The van der Waals surface area contributed by atoms with Crippen LogP contribution in [0.1, 0.15) is 18.6 Å². The van der Waals surface area contributed by atoms with Crippen molar-refractivity contribution in [2.75, 3.05) is 0 Å². The molecule has 0 unspecified atom stereocenters. The summed E-state index contributed by atoms with van der Waals surface area (Å²) in [5, 5.41) is 10.2. The Morgan fingerprint density at radius 2 is 1.94 bits per heavy atom. The molecule has 17 heavy (non-hydrogen) atoms. The molecule has 0 fully saturated rings. The molecule has 1 atom stereocenters. The number of hydrogen-bond donors (Lipinski definition) is 1. The highest BCUT2D eigenvalue weighted by molar-refractivity contribution is 6.30. The summed E-state index contributed by atoms with van der Waals surface area (Å²) in [6.07, 6.45) is 1.00. The molecule has 4 heteroatoms. The fourth-order valence-electron chi connectivity index (χ4n) is 1.42. The molecule has 1 heterocycles. The topological polar surface area (TPSA) is 42.4 Å². The molecule has 88 valence electrons. The van der Waals surface area contributed by atoms with Crippen LogP contribution in [0.5, 0.6) is 11.6 Å². The van der Waals surface area contributed by atoms with Crippen molar-refractivity contribution in [2.24, 2.45) is 0 Å². The molecular formula is C13H12ClNO2. The predicted octanol–water partition coefficient (Wildman–Crippen LogP) is 3.58. The molecule has 1 N–H and O–H groups in total. The van der Waals surface area contributed by atoms with E-state index in [-0.39, 0.29) is 0 Å². The molecule has 0 amide bonds. The first-order valence-corrected chi connectivity index (χ1v) is 5.61. The minimum absolute atomic E-state index is 0.407. The van der Waals surface area contributed by atoms with Gasteiger partial charge in [-0.2, -0.15) is 0 Å². The molecule has 1 aromatic heterocycles. The normalized spacial score (nSPS) is 12.2. The van der Waals surface area contributed by atoms with Crippen molar-refractivity contribution in [1.82, 2.24) is 4.98 Å². The van der Waals surface area contributed by atoms with Gasteiger partial charge in [0.2, 0.25) is 5.88 Å². The standard InChI is InChI=1S/C13H12ClNO2/c1-9(16)12-3-2-8-15-13(12)17-11-6-4-10(14)5-7-11/h2-9,16H,1H3/t9-/m0/s1. The number of hydrogen-bond acceptors (Lipinski definition) is 3. The number of benzene rings is 1. The Hall–Kier alpha value is -1.58. The zero-order valence-electron chi connectivity index (χ0n) is 9.30. The minimum Gasteiger partial charge on any atom is -0.439 e. The summed E-state index contributed by atoms with van der Waals surface area (Å²) in [5.74, 6) is 1.04. The van der Waals surface area contributed by atoms with Crippen molar-refractivity contribution in [3.63, 3.8) is 0 Å². The number of rotatable bonds is 3. The number of nitrogens with zero attached hydrogens (tertiary/aromatic N) is 1. The van der Waals surface area contributed by atoms with Crippen molar-refractivity contribution in [3.05, 3.63) is 53.2 Å². The Bertz CT molecular complexity index is 497. The van der Waals surface area contributed by atoms with Crippen molar-refractivity contribution in [2.45, 2.75) is 13.0 Å². The summed E-state index contributed by atoms with van der Waals surface area (Å²) in [7, 11) is 0. The average molecular weight is 250 g/mol. The molecule has 0 spiro atoms. The van der Waals surface area contributed by atoms with Gasteiger partial charge in [0.1, 0.15) is 5.75 Å². The molecule has 2 rings (SSSR count). The van der Waals surface area contributed by atoms with Crippen LogP contribution >= 0.6 is 11.6 Å². The molecule has 0 aliphatic rings. The van der Waals surface area contributed by atoms with Crippen LogP contribution in [-0.2, 0) is 0 Å². The van der Waals surface area contributed by atoms with E-state index in [4.69, 9.17) is 16.3 Å². The van der Waals surface area contributed by atoms with E-state index in [9.17, 15) is 5.11 Å². The zero-order valence-corrected chi connectivity index (χ0v) is 10.1. The van der Waals surface area contributed by atoms with Crippen LogP contribution in [0, 0.1) is 0 Å². The monoisotopic (exact) mass is 249 g/mol. The molecule has 0 aliphatic heterocycles. The lowest BCUT2D eigenvalue weighted by Crippen LogP contribution is -1.97. The van der Waals surface area contributed by atoms with E-state index in [1.807, 2.05) is 0 Å². The number of pyridine rings is 1. The van der Waals surface area contributed by atoms with E-state index >= 15 is 0 Å². The minimum atomic E-state index is -0.619.